The Morgan fingerprint density at radius 3 is 3.00 bits per heavy atom. The first-order valence-corrected chi connectivity index (χ1v) is 5.58. The first-order chi connectivity index (χ1) is 6.79. The number of nitrogens with zero attached hydrogens (tertiary/aromatic N) is 1. The lowest BCUT2D eigenvalue weighted by Gasteiger charge is -2.21. The van der Waals surface area contributed by atoms with Crippen LogP contribution >= 0.6 is 0 Å². The SMILES string of the molecule is CC1CCC2=CC(CCC#N)C=C2C1. The number of rotatable bonds is 2. The molecular weight excluding hydrogens is 170 g/mol. The molecule has 2 atom stereocenters. The third kappa shape index (κ3) is 1.90. The van der Waals surface area contributed by atoms with Crippen molar-refractivity contribution in [3.8, 4) is 6.07 Å². The maximum absolute atomic E-state index is 8.54. The molecule has 0 spiro atoms. The molecule has 0 aromatic rings. The van der Waals surface area contributed by atoms with E-state index in [0.717, 1.165) is 12.3 Å². The quantitative estimate of drug-likeness (QED) is 0.648. The Morgan fingerprint density at radius 2 is 2.21 bits per heavy atom. The standard InChI is InChI=1S/C13H17N/c1-10-4-5-12-8-11(3-2-6-14)9-13(12)7-10/h8-11H,2-5,7H2,1H3. The van der Waals surface area contributed by atoms with E-state index < -0.39 is 0 Å². The second-order valence-corrected chi connectivity index (χ2v) is 4.59. The van der Waals surface area contributed by atoms with E-state index in [4.69, 9.17) is 5.26 Å². The molecule has 14 heavy (non-hydrogen) atoms. The van der Waals surface area contributed by atoms with Crippen LogP contribution in [0.3, 0.4) is 0 Å². The van der Waals surface area contributed by atoms with Crippen molar-refractivity contribution < 1.29 is 0 Å². The highest BCUT2D eigenvalue weighted by Crippen LogP contribution is 2.39. The van der Waals surface area contributed by atoms with E-state index in [2.05, 4.69) is 25.1 Å². The number of allylic oxidation sites excluding steroid dienone is 4. The Bertz CT molecular complexity index is 317. The second kappa shape index (κ2) is 4.00. The van der Waals surface area contributed by atoms with E-state index in [-0.39, 0.29) is 0 Å². The van der Waals surface area contributed by atoms with Crippen molar-refractivity contribution in [1.29, 1.82) is 5.26 Å². The summed E-state index contributed by atoms with van der Waals surface area (Å²) in [5.41, 5.74) is 3.15. The third-order valence-electron chi connectivity index (χ3n) is 3.31. The fourth-order valence-electron chi connectivity index (χ4n) is 2.50. The van der Waals surface area contributed by atoms with Crippen LogP contribution in [0.4, 0.5) is 0 Å². The summed E-state index contributed by atoms with van der Waals surface area (Å²) in [6.45, 7) is 2.33. The number of nitriles is 1. The van der Waals surface area contributed by atoms with Gasteiger partial charge in [0.15, 0.2) is 0 Å². The summed E-state index contributed by atoms with van der Waals surface area (Å²) < 4.78 is 0. The summed E-state index contributed by atoms with van der Waals surface area (Å²) in [5, 5.41) is 8.54. The highest BCUT2D eigenvalue weighted by Gasteiger charge is 2.23. The fourth-order valence-corrected chi connectivity index (χ4v) is 2.50. The van der Waals surface area contributed by atoms with Crippen molar-refractivity contribution in [3.05, 3.63) is 23.3 Å². The van der Waals surface area contributed by atoms with Gasteiger partial charge in [-0.1, -0.05) is 19.1 Å². The predicted molar refractivity (Wildman–Crippen MR) is 57.5 cm³/mol. The van der Waals surface area contributed by atoms with Gasteiger partial charge in [0.2, 0.25) is 0 Å². The van der Waals surface area contributed by atoms with Crippen molar-refractivity contribution in [2.75, 3.05) is 0 Å². The molecule has 0 heterocycles. The van der Waals surface area contributed by atoms with E-state index in [1.807, 2.05) is 0 Å². The zero-order valence-corrected chi connectivity index (χ0v) is 8.79. The average molecular weight is 187 g/mol. The Balaban J connectivity index is 2.01. The highest BCUT2D eigenvalue weighted by atomic mass is 14.3. The molecule has 0 aliphatic heterocycles. The van der Waals surface area contributed by atoms with Crippen molar-refractivity contribution in [1.82, 2.24) is 0 Å². The van der Waals surface area contributed by atoms with Gasteiger partial charge in [0.05, 0.1) is 6.07 Å². The van der Waals surface area contributed by atoms with Gasteiger partial charge in [-0.2, -0.15) is 5.26 Å². The minimum Gasteiger partial charge on any atom is -0.198 e. The molecule has 0 amide bonds. The average Bonchev–Trinajstić information content (AvgIpc) is 2.56. The number of hydrogen-bond donors (Lipinski definition) is 0. The molecule has 74 valence electrons. The van der Waals surface area contributed by atoms with Crippen LogP contribution in [0.1, 0.15) is 39.0 Å². The molecule has 0 radical (unpaired) electrons. The van der Waals surface area contributed by atoms with Gasteiger partial charge >= 0.3 is 0 Å². The molecule has 0 saturated heterocycles. The van der Waals surface area contributed by atoms with Crippen molar-refractivity contribution >= 4 is 0 Å². The molecule has 2 rings (SSSR count). The summed E-state index contributed by atoms with van der Waals surface area (Å²) in [7, 11) is 0. The smallest absolute Gasteiger partial charge is 0.0622 e. The van der Waals surface area contributed by atoms with Crippen LogP contribution < -0.4 is 0 Å². The minimum absolute atomic E-state index is 0.560. The summed E-state index contributed by atoms with van der Waals surface area (Å²) in [6, 6.07) is 2.23. The molecule has 1 heteroatoms. The molecule has 0 bridgehead atoms. The van der Waals surface area contributed by atoms with Gasteiger partial charge in [-0.25, -0.2) is 0 Å². The van der Waals surface area contributed by atoms with Gasteiger partial charge in [0.1, 0.15) is 0 Å². The van der Waals surface area contributed by atoms with E-state index in [9.17, 15) is 0 Å². The van der Waals surface area contributed by atoms with Crippen LogP contribution in [0, 0.1) is 23.2 Å². The summed E-state index contributed by atoms with van der Waals surface area (Å²) in [4.78, 5) is 0. The lowest BCUT2D eigenvalue weighted by Crippen LogP contribution is -2.05. The molecule has 1 fully saturated rings. The lowest BCUT2D eigenvalue weighted by molar-refractivity contribution is 0.499. The molecule has 1 nitrogen and oxygen atoms in total. The fraction of sp³-hybridized carbons (Fsp3) is 0.615. The summed E-state index contributed by atoms with van der Waals surface area (Å²) in [6.07, 6.45) is 10.3. The van der Waals surface area contributed by atoms with Crippen LogP contribution in [-0.2, 0) is 0 Å². The molecule has 0 aromatic carbocycles. The third-order valence-corrected chi connectivity index (χ3v) is 3.31. The van der Waals surface area contributed by atoms with Gasteiger partial charge in [0.25, 0.3) is 0 Å². The van der Waals surface area contributed by atoms with Gasteiger partial charge in [-0.05, 0) is 48.7 Å². The van der Waals surface area contributed by atoms with E-state index in [1.54, 1.807) is 11.1 Å². The molecule has 0 aromatic heterocycles. The second-order valence-electron chi connectivity index (χ2n) is 4.59. The van der Waals surface area contributed by atoms with Crippen molar-refractivity contribution in [2.24, 2.45) is 11.8 Å². The maximum atomic E-state index is 8.54. The van der Waals surface area contributed by atoms with E-state index in [1.165, 1.54) is 19.3 Å². The Hall–Kier alpha value is -1.03. The largest absolute Gasteiger partial charge is 0.198 e. The molecule has 1 saturated carbocycles. The molecular formula is C13H17N. The van der Waals surface area contributed by atoms with Crippen LogP contribution in [0.5, 0.6) is 0 Å². The van der Waals surface area contributed by atoms with Gasteiger partial charge in [0, 0.05) is 6.42 Å². The van der Waals surface area contributed by atoms with Gasteiger partial charge in [-0.3, -0.25) is 0 Å². The first kappa shape index (κ1) is 9.52. The van der Waals surface area contributed by atoms with Crippen LogP contribution in [0.15, 0.2) is 23.3 Å². The Kier molecular flexibility index (Phi) is 2.72. The predicted octanol–water partition coefficient (Wildman–Crippen LogP) is 3.59. The number of fused-ring (bicyclic) bond motifs is 1. The Morgan fingerprint density at radius 1 is 1.43 bits per heavy atom. The van der Waals surface area contributed by atoms with Crippen LogP contribution in [-0.4, -0.2) is 0 Å². The lowest BCUT2D eigenvalue weighted by atomic mass is 9.85. The first-order valence-electron chi connectivity index (χ1n) is 5.58. The summed E-state index contributed by atoms with van der Waals surface area (Å²) in [5.74, 6) is 1.41. The monoisotopic (exact) mass is 187 g/mol. The Labute approximate surface area is 86.1 Å². The highest BCUT2D eigenvalue weighted by molar-refractivity contribution is 5.40. The minimum atomic E-state index is 0.560. The van der Waals surface area contributed by atoms with E-state index in [0.29, 0.717) is 12.3 Å². The summed E-state index contributed by atoms with van der Waals surface area (Å²) >= 11 is 0. The molecule has 2 aliphatic rings. The topological polar surface area (TPSA) is 23.8 Å². The van der Waals surface area contributed by atoms with Crippen LogP contribution in [0.25, 0.3) is 0 Å². The zero-order chi connectivity index (χ0) is 9.97. The molecule has 2 aliphatic carbocycles. The van der Waals surface area contributed by atoms with Crippen molar-refractivity contribution in [2.45, 2.75) is 39.0 Å². The number of hydrogen-bond acceptors (Lipinski definition) is 1. The van der Waals surface area contributed by atoms with Crippen LogP contribution in [0.2, 0.25) is 0 Å². The molecule has 2 unspecified atom stereocenters. The zero-order valence-electron chi connectivity index (χ0n) is 8.79. The van der Waals surface area contributed by atoms with Crippen molar-refractivity contribution in [3.63, 3.8) is 0 Å². The van der Waals surface area contributed by atoms with Gasteiger partial charge in [-0.15, -0.1) is 0 Å². The normalized spacial score (nSPS) is 30.3. The maximum Gasteiger partial charge on any atom is 0.0622 e. The van der Waals surface area contributed by atoms with Gasteiger partial charge < -0.3 is 0 Å². The molecule has 0 N–H and O–H groups in total. The van der Waals surface area contributed by atoms with E-state index >= 15 is 0 Å².